The van der Waals surface area contributed by atoms with Gasteiger partial charge in [-0.15, -0.1) is 0 Å². The van der Waals surface area contributed by atoms with Gasteiger partial charge in [-0.2, -0.15) is 0 Å². The van der Waals surface area contributed by atoms with Crippen LogP contribution in [0.3, 0.4) is 0 Å². The van der Waals surface area contributed by atoms with Crippen molar-refractivity contribution in [1.82, 2.24) is 0 Å². The van der Waals surface area contributed by atoms with Crippen molar-refractivity contribution in [3.05, 3.63) is 35.4 Å². The minimum atomic E-state index is -1.92. The summed E-state index contributed by atoms with van der Waals surface area (Å²) in [6, 6.07) is 9.90. The fourth-order valence-corrected chi connectivity index (χ4v) is 7.71. The summed E-state index contributed by atoms with van der Waals surface area (Å²) in [7, 11) is -1.92. The van der Waals surface area contributed by atoms with E-state index in [9.17, 15) is 0 Å². The molecule has 1 aliphatic heterocycles. The summed E-state index contributed by atoms with van der Waals surface area (Å²) in [5.74, 6) is 2.21. The van der Waals surface area contributed by atoms with E-state index in [4.69, 9.17) is 14.4 Å². The molecule has 2 rings (SSSR count). The van der Waals surface area contributed by atoms with Crippen LogP contribution in [-0.4, -0.2) is 28.0 Å². The Balaban J connectivity index is 2.28. The van der Waals surface area contributed by atoms with Gasteiger partial charge in [0.15, 0.2) is 0 Å². The van der Waals surface area contributed by atoms with Crippen molar-refractivity contribution >= 4 is 23.3 Å². The Morgan fingerprint density at radius 3 is 2.12 bits per heavy atom. The average molecular weight is 410 g/mol. The van der Waals surface area contributed by atoms with Crippen molar-refractivity contribution < 1.29 is 9.16 Å². The standard InChI is InChI=1S/C19H29NO2SeSi/c1-17(2,3)24(7,8)22-19(23-6)18(4,5)16(21-19)15-11-9-14(13-20)10-12-15/h9-12,16H,1-8H3. The first-order valence-electron chi connectivity index (χ1n) is 8.33. The maximum absolute atomic E-state index is 8.97. The molecule has 0 aliphatic carbocycles. The molecule has 1 heterocycles. The zero-order chi connectivity index (χ0) is 18.4. The van der Waals surface area contributed by atoms with Crippen molar-refractivity contribution in [3.8, 4) is 6.07 Å². The molecule has 24 heavy (non-hydrogen) atoms. The summed E-state index contributed by atoms with van der Waals surface area (Å²) in [5, 5.41) is 9.13. The number of nitriles is 1. The summed E-state index contributed by atoms with van der Waals surface area (Å²) < 4.78 is 12.7. The van der Waals surface area contributed by atoms with E-state index in [0.717, 1.165) is 5.56 Å². The molecule has 132 valence electrons. The summed E-state index contributed by atoms with van der Waals surface area (Å²) >= 11 is 0.217. The second-order valence-electron chi connectivity index (χ2n) is 8.58. The molecule has 5 heteroatoms. The van der Waals surface area contributed by atoms with Crippen molar-refractivity contribution in [3.63, 3.8) is 0 Å². The molecule has 0 radical (unpaired) electrons. The fraction of sp³-hybridized carbons (Fsp3) is 0.632. The van der Waals surface area contributed by atoms with E-state index >= 15 is 0 Å². The number of hydrogen-bond donors (Lipinski definition) is 0. The first-order chi connectivity index (χ1) is 10.9. The zero-order valence-electron chi connectivity index (χ0n) is 16.1. The van der Waals surface area contributed by atoms with Gasteiger partial charge in [-0.05, 0) is 0 Å². The number of hydrogen-bond acceptors (Lipinski definition) is 3. The van der Waals surface area contributed by atoms with Gasteiger partial charge >= 0.3 is 154 Å². The Morgan fingerprint density at radius 1 is 1.21 bits per heavy atom. The Kier molecular flexibility index (Phi) is 5.14. The van der Waals surface area contributed by atoms with Gasteiger partial charge in [-0.1, -0.05) is 0 Å². The molecule has 0 bridgehead atoms. The average Bonchev–Trinajstić information content (AvgIpc) is 2.50. The second-order valence-corrected chi connectivity index (χ2v) is 15.3. The number of ether oxygens (including phenoxy) is 1. The first-order valence-corrected chi connectivity index (χ1v) is 13.8. The monoisotopic (exact) mass is 411 g/mol. The van der Waals surface area contributed by atoms with Crippen LogP contribution in [0.1, 0.15) is 51.8 Å². The van der Waals surface area contributed by atoms with E-state index in [-0.39, 0.29) is 31.5 Å². The van der Waals surface area contributed by atoms with Gasteiger partial charge in [-0.25, -0.2) is 0 Å². The topological polar surface area (TPSA) is 42.2 Å². The number of nitrogens with zero attached hydrogens (tertiary/aromatic N) is 1. The maximum atomic E-state index is 8.97. The number of rotatable bonds is 4. The minimum absolute atomic E-state index is 0.0110. The van der Waals surface area contributed by atoms with Crippen LogP contribution in [0.25, 0.3) is 0 Å². The molecule has 1 saturated heterocycles. The summed E-state index contributed by atoms with van der Waals surface area (Å²) in [4.78, 5) is 0. The van der Waals surface area contributed by atoms with Crippen molar-refractivity contribution in [2.75, 3.05) is 0 Å². The molecule has 0 saturated carbocycles. The molecular formula is C19H29NO2SeSi. The van der Waals surface area contributed by atoms with Gasteiger partial charge in [0.25, 0.3) is 0 Å². The van der Waals surface area contributed by atoms with Crippen LogP contribution in [0.5, 0.6) is 0 Å². The van der Waals surface area contributed by atoms with Gasteiger partial charge in [0, 0.05) is 0 Å². The third-order valence-electron chi connectivity index (χ3n) is 5.52. The van der Waals surface area contributed by atoms with Crippen LogP contribution >= 0.6 is 0 Å². The van der Waals surface area contributed by atoms with E-state index < -0.39 is 13.0 Å². The van der Waals surface area contributed by atoms with E-state index in [0.29, 0.717) is 5.56 Å². The molecule has 1 fully saturated rings. The van der Waals surface area contributed by atoms with Crippen molar-refractivity contribution in [1.29, 1.82) is 5.26 Å². The molecule has 2 atom stereocenters. The van der Waals surface area contributed by atoms with Gasteiger partial charge in [-0.3, -0.25) is 0 Å². The normalized spacial score (nSPS) is 26.5. The Hall–Kier alpha value is -0.634. The van der Waals surface area contributed by atoms with Crippen LogP contribution in [0, 0.1) is 16.7 Å². The molecule has 0 spiro atoms. The van der Waals surface area contributed by atoms with Crippen molar-refractivity contribution in [2.45, 2.75) is 69.4 Å². The van der Waals surface area contributed by atoms with Gasteiger partial charge in [0.2, 0.25) is 0 Å². The molecule has 3 nitrogen and oxygen atoms in total. The molecule has 0 aromatic heterocycles. The first kappa shape index (κ1) is 19.7. The quantitative estimate of drug-likeness (QED) is 0.650. The Bertz CT molecular complexity index is 643. The zero-order valence-corrected chi connectivity index (χ0v) is 18.8. The Morgan fingerprint density at radius 2 is 1.75 bits per heavy atom. The molecule has 1 aromatic carbocycles. The second kappa shape index (κ2) is 6.27. The van der Waals surface area contributed by atoms with Crippen molar-refractivity contribution in [2.24, 2.45) is 5.41 Å². The predicted octanol–water partition coefficient (Wildman–Crippen LogP) is 5.08. The molecule has 1 aromatic rings. The Labute approximate surface area is 154 Å². The van der Waals surface area contributed by atoms with E-state index in [1.165, 1.54) is 0 Å². The predicted molar refractivity (Wildman–Crippen MR) is 101 cm³/mol. The van der Waals surface area contributed by atoms with Crippen LogP contribution in [0.15, 0.2) is 24.3 Å². The van der Waals surface area contributed by atoms with Crippen LogP contribution < -0.4 is 0 Å². The summed E-state index contributed by atoms with van der Waals surface area (Å²) in [6.45, 7) is 15.9. The van der Waals surface area contributed by atoms with Gasteiger partial charge in [0.05, 0.1) is 0 Å². The summed E-state index contributed by atoms with van der Waals surface area (Å²) in [6.07, 6.45) is 0.0110. The summed E-state index contributed by atoms with van der Waals surface area (Å²) in [5.41, 5.74) is 1.71. The molecule has 2 unspecified atom stereocenters. The number of benzene rings is 1. The van der Waals surface area contributed by atoms with E-state index in [2.05, 4.69) is 59.6 Å². The molecular weight excluding hydrogens is 381 g/mol. The van der Waals surface area contributed by atoms with Crippen LogP contribution in [0.4, 0.5) is 0 Å². The third-order valence-corrected chi connectivity index (χ3v) is 12.9. The molecule has 1 aliphatic rings. The molecule has 0 N–H and O–H groups in total. The van der Waals surface area contributed by atoms with Gasteiger partial charge < -0.3 is 0 Å². The van der Waals surface area contributed by atoms with Crippen LogP contribution in [0.2, 0.25) is 24.0 Å². The third kappa shape index (κ3) is 3.11. The SMILES string of the molecule is C[Se]C1(O[Si](C)(C)C(C)(C)C)OC(c2ccc(C#N)cc2)C1(C)C. The van der Waals surface area contributed by atoms with E-state index in [1.54, 1.807) is 0 Å². The van der Waals surface area contributed by atoms with Gasteiger partial charge in [0.1, 0.15) is 0 Å². The fourth-order valence-electron chi connectivity index (χ4n) is 2.77. The van der Waals surface area contributed by atoms with E-state index in [1.807, 2.05) is 24.3 Å². The van der Waals surface area contributed by atoms with Crippen LogP contribution in [-0.2, 0) is 9.16 Å². The molecule has 0 amide bonds.